The number of anilines is 1. The summed E-state index contributed by atoms with van der Waals surface area (Å²) >= 11 is 3.46. The minimum absolute atomic E-state index is 0.930. The van der Waals surface area contributed by atoms with Crippen LogP contribution in [0.5, 0.6) is 0 Å². The molecule has 0 saturated heterocycles. The minimum Gasteiger partial charge on any atom is -0.356 e. The van der Waals surface area contributed by atoms with Gasteiger partial charge >= 0.3 is 0 Å². The van der Waals surface area contributed by atoms with Crippen LogP contribution in [0, 0.1) is 11.8 Å². The Balaban J connectivity index is 1.73. The van der Waals surface area contributed by atoms with E-state index < -0.39 is 0 Å². The molecule has 2 saturated carbocycles. The van der Waals surface area contributed by atoms with Crippen molar-refractivity contribution in [2.45, 2.75) is 25.7 Å². The fourth-order valence-electron chi connectivity index (χ4n) is 2.06. The predicted octanol–water partition coefficient (Wildman–Crippen LogP) is 3.47. The first-order valence-corrected chi connectivity index (χ1v) is 6.98. The fraction of sp³-hybridized carbons (Fsp3) is 0.615. The summed E-state index contributed by atoms with van der Waals surface area (Å²) in [6.07, 6.45) is 5.65. The lowest BCUT2D eigenvalue weighted by molar-refractivity contribution is 0.671. The van der Waals surface area contributed by atoms with E-state index >= 15 is 0 Å². The molecule has 0 unspecified atom stereocenters. The zero-order valence-electron chi connectivity index (χ0n) is 9.40. The van der Waals surface area contributed by atoms with Gasteiger partial charge in [-0.25, -0.2) is 4.98 Å². The molecule has 1 heterocycles. The highest BCUT2D eigenvalue weighted by molar-refractivity contribution is 9.10. The number of nitrogens with zero attached hydrogens (tertiary/aromatic N) is 2. The van der Waals surface area contributed by atoms with Crippen LogP contribution in [-0.2, 0) is 0 Å². The van der Waals surface area contributed by atoms with E-state index in [1.807, 2.05) is 6.07 Å². The summed E-state index contributed by atoms with van der Waals surface area (Å²) < 4.78 is 0.946. The monoisotopic (exact) mass is 280 g/mol. The van der Waals surface area contributed by atoms with E-state index in [0.717, 1.165) is 22.3 Å². The van der Waals surface area contributed by atoms with Gasteiger partial charge in [0.1, 0.15) is 10.4 Å². The van der Waals surface area contributed by atoms with E-state index in [1.165, 1.54) is 38.8 Å². The summed E-state index contributed by atoms with van der Waals surface area (Å²) in [6.45, 7) is 2.42. The Kier molecular flexibility index (Phi) is 2.88. The summed E-state index contributed by atoms with van der Waals surface area (Å²) in [6, 6.07) is 6.21. The van der Waals surface area contributed by atoms with E-state index in [4.69, 9.17) is 0 Å². The first kappa shape index (κ1) is 10.6. The van der Waals surface area contributed by atoms with Gasteiger partial charge in [0.05, 0.1) is 0 Å². The molecule has 1 aromatic heterocycles. The second-order valence-electron chi connectivity index (χ2n) is 5.11. The fourth-order valence-corrected chi connectivity index (χ4v) is 2.39. The Labute approximate surface area is 105 Å². The van der Waals surface area contributed by atoms with Crippen molar-refractivity contribution in [3.63, 3.8) is 0 Å². The Morgan fingerprint density at radius 3 is 2.25 bits per heavy atom. The van der Waals surface area contributed by atoms with Crippen LogP contribution in [0.2, 0.25) is 0 Å². The van der Waals surface area contributed by atoms with Crippen molar-refractivity contribution in [1.82, 2.24) is 4.98 Å². The molecule has 0 atom stereocenters. The Morgan fingerprint density at radius 2 is 1.75 bits per heavy atom. The van der Waals surface area contributed by atoms with E-state index in [9.17, 15) is 0 Å². The maximum Gasteiger partial charge on any atom is 0.129 e. The molecule has 0 aliphatic heterocycles. The van der Waals surface area contributed by atoms with Gasteiger partial charge in [0.25, 0.3) is 0 Å². The zero-order chi connectivity index (χ0) is 11.0. The molecular formula is C13H17BrN2. The molecule has 3 heteroatoms. The molecule has 0 spiro atoms. The Hall–Kier alpha value is -0.570. The van der Waals surface area contributed by atoms with Crippen LogP contribution in [-0.4, -0.2) is 18.1 Å². The molecule has 0 amide bonds. The third kappa shape index (κ3) is 2.76. The molecular weight excluding hydrogens is 264 g/mol. The molecule has 2 aliphatic rings. The average molecular weight is 281 g/mol. The lowest BCUT2D eigenvalue weighted by Crippen LogP contribution is -2.28. The Bertz CT molecular complexity index is 358. The summed E-state index contributed by atoms with van der Waals surface area (Å²) in [5.74, 6) is 3.01. The van der Waals surface area contributed by atoms with Gasteiger partial charge in [-0.2, -0.15) is 0 Å². The van der Waals surface area contributed by atoms with Crippen molar-refractivity contribution in [2.75, 3.05) is 18.0 Å². The van der Waals surface area contributed by atoms with Gasteiger partial charge in [0.2, 0.25) is 0 Å². The number of rotatable bonds is 5. The normalized spacial score (nSPS) is 19.8. The van der Waals surface area contributed by atoms with Crippen LogP contribution in [0.15, 0.2) is 22.8 Å². The first-order chi connectivity index (χ1) is 7.81. The van der Waals surface area contributed by atoms with Gasteiger partial charge < -0.3 is 4.90 Å². The molecule has 3 rings (SSSR count). The largest absolute Gasteiger partial charge is 0.356 e. The molecule has 2 fully saturated rings. The van der Waals surface area contributed by atoms with Crippen LogP contribution in [0.3, 0.4) is 0 Å². The average Bonchev–Trinajstić information content (AvgIpc) is 3.11. The van der Waals surface area contributed by atoms with E-state index in [2.05, 4.69) is 37.9 Å². The zero-order valence-corrected chi connectivity index (χ0v) is 11.0. The molecule has 1 aromatic rings. The highest BCUT2D eigenvalue weighted by Gasteiger charge is 2.29. The molecule has 16 heavy (non-hydrogen) atoms. The summed E-state index contributed by atoms with van der Waals surface area (Å²) in [4.78, 5) is 7.06. The van der Waals surface area contributed by atoms with Gasteiger partial charge in [-0.1, -0.05) is 6.07 Å². The van der Waals surface area contributed by atoms with Crippen LogP contribution in [0.25, 0.3) is 0 Å². The molecule has 0 radical (unpaired) electrons. The van der Waals surface area contributed by atoms with Gasteiger partial charge in [0.15, 0.2) is 0 Å². The van der Waals surface area contributed by atoms with Crippen molar-refractivity contribution in [2.24, 2.45) is 11.8 Å². The molecule has 0 bridgehead atoms. The standard InChI is InChI=1S/C13H17BrN2/c14-12-2-1-3-13(15-12)16(8-10-4-5-10)9-11-6-7-11/h1-3,10-11H,4-9H2. The second kappa shape index (κ2) is 4.36. The minimum atomic E-state index is 0.930. The van der Waals surface area contributed by atoms with Crippen molar-refractivity contribution in [3.05, 3.63) is 22.8 Å². The number of hydrogen-bond donors (Lipinski definition) is 0. The predicted molar refractivity (Wildman–Crippen MR) is 69.6 cm³/mol. The van der Waals surface area contributed by atoms with Crippen molar-refractivity contribution >= 4 is 21.7 Å². The van der Waals surface area contributed by atoms with Gasteiger partial charge in [-0.05, 0) is 65.6 Å². The van der Waals surface area contributed by atoms with Crippen LogP contribution < -0.4 is 4.90 Å². The first-order valence-electron chi connectivity index (χ1n) is 6.19. The van der Waals surface area contributed by atoms with Gasteiger partial charge in [-0.3, -0.25) is 0 Å². The van der Waals surface area contributed by atoms with E-state index in [0.29, 0.717) is 0 Å². The maximum atomic E-state index is 4.58. The van der Waals surface area contributed by atoms with Gasteiger partial charge in [0, 0.05) is 13.1 Å². The van der Waals surface area contributed by atoms with Crippen LogP contribution in [0.1, 0.15) is 25.7 Å². The molecule has 0 N–H and O–H groups in total. The molecule has 0 aromatic carbocycles. The molecule has 86 valence electrons. The summed E-state index contributed by atoms with van der Waals surface area (Å²) in [5.41, 5.74) is 0. The maximum absolute atomic E-state index is 4.58. The van der Waals surface area contributed by atoms with Gasteiger partial charge in [-0.15, -0.1) is 0 Å². The Morgan fingerprint density at radius 1 is 1.12 bits per heavy atom. The third-order valence-corrected chi connectivity index (χ3v) is 3.82. The highest BCUT2D eigenvalue weighted by Crippen LogP contribution is 2.35. The van der Waals surface area contributed by atoms with Crippen LogP contribution in [0.4, 0.5) is 5.82 Å². The highest BCUT2D eigenvalue weighted by atomic mass is 79.9. The van der Waals surface area contributed by atoms with E-state index in [1.54, 1.807) is 0 Å². The molecule has 2 aliphatic carbocycles. The van der Waals surface area contributed by atoms with Crippen molar-refractivity contribution < 1.29 is 0 Å². The van der Waals surface area contributed by atoms with Crippen molar-refractivity contribution in [3.8, 4) is 0 Å². The number of aromatic nitrogens is 1. The lowest BCUT2D eigenvalue weighted by Gasteiger charge is -2.23. The number of pyridine rings is 1. The SMILES string of the molecule is Brc1cccc(N(CC2CC2)CC2CC2)n1. The third-order valence-electron chi connectivity index (χ3n) is 3.38. The van der Waals surface area contributed by atoms with E-state index in [-0.39, 0.29) is 0 Å². The summed E-state index contributed by atoms with van der Waals surface area (Å²) in [5, 5.41) is 0. The number of halogens is 1. The van der Waals surface area contributed by atoms with Crippen LogP contribution >= 0.6 is 15.9 Å². The number of hydrogen-bond acceptors (Lipinski definition) is 2. The van der Waals surface area contributed by atoms with Crippen molar-refractivity contribution in [1.29, 1.82) is 0 Å². The topological polar surface area (TPSA) is 16.1 Å². The lowest BCUT2D eigenvalue weighted by atomic mass is 10.3. The summed E-state index contributed by atoms with van der Waals surface area (Å²) in [7, 11) is 0. The second-order valence-corrected chi connectivity index (χ2v) is 5.92. The quantitative estimate of drug-likeness (QED) is 0.768. The smallest absolute Gasteiger partial charge is 0.129 e. The molecule has 2 nitrogen and oxygen atoms in total.